The number of nitrogens with two attached hydrogens (primary N) is 1. The second kappa shape index (κ2) is 5.61. The lowest BCUT2D eigenvalue weighted by molar-refractivity contribution is 0.395. The topological polar surface area (TPSA) is 74.8 Å². The summed E-state index contributed by atoms with van der Waals surface area (Å²) in [6, 6.07) is 18.5. The maximum atomic E-state index is 13.9. The molecule has 1 aromatic heterocycles. The van der Waals surface area contributed by atoms with Crippen LogP contribution in [-0.4, -0.2) is 4.98 Å². The Kier molecular flexibility index (Phi) is 3.22. The number of allylic oxidation sites excluding steroid dienone is 1. The quantitative estimate of drug-likeness (QED) is 0.521. The second-order valence-electron chi connectivity index (χ2n) is 6.56. The number of aromatic amines is 1. The van der Waals surface area contributed by atoms with Gasteiger partial charge in [-0.15, -0.1) is 0 Å². The number of hydrogen-bond acceptors (Lipinski definition) is 3. The van der Waals surface area contributed by atoms with Gasteiger partial charge in [0.05, 0.1) is 5.92 Å². The number of halogens is 1. The normalized spacial score (nSPS) is 16.2. The Bertz CT molecular complexity index is 1300. The van der Waals surface area contributed by atoms with Gasteiger partial charge in [0.2, 0.25) is 5.88 Å². The van der Waals surface area contributed by atoms with Crippen molar-refractivity contribution >= 4 is 21.7 Å². The Morgan fingerprint density at radius 3 is 2.78 bits per heavy atom. The molecule has 27 heavy (non-hydrogen) atoms. The van der Waals surface area contributed by atoms with Crippen LogP contribution in [0.15, 0.2) is 72.3 Å². The third-order valence-electron chi connectivity index (χ3n) is 5.10. The molecule has 0 aliphatic carbocycles. The van der Waals surface area contributed by atoms with Crippen LogP contribution < -0.4 is 10.5 Å². The summed E-state index contributed by atoms with van der Waals surface area (Å²) in [4.78, 5) is 3.17. The molecule has 0 amide bonds. The number of rotatable bonds is 1. The molecule has 0 fully saturated rings. The van der Waals surface area contributed by atoms with Crippen molar-refractivity contribution in [1.82, 2.24) is 4.98 Å². The van der Waals surface area contributed by atoms with E-state index in [9.17, 15) is 9.65 Å². The van der Waals surface area contributed by atoms with Gasteiger partial charge in [-0.05, 0) is 40.6 Å². The minimum atomic E-state index is -0.444. The third-order valence-corrected chi connectivity index (χ3v) is 5.10. The first kappa shape index (κ1) is 15.5. The molecule has 1 aliphatic rings. The molecule has 0 bridgehead atoms. The zero-order chi connectivity index (χ0) is 18.5. The number of nitriles is 1. The van der Waals surface area contributed by atoms with Crippen molar-refractivity contribution in [3.05, 3.63) is 89.2 Å². The highest BCUT2D eigenvalue weighted by Gasteiger charge is 2.33. The largest absolute Gasteiger partial charge is 0.440 e. The number of hydrogen-bond donors (Lipinski definition) is 2. The van der Waals surface area contributed by atoms with Crippen molar-refractivity contribution in [3.63, 3.8) is 0 Å². The van der Waals surface area contributed by atoms with Crippen LogP contribution in [0, 0.1) is 17.1 Å². The molecule has 0 radical (unpaired) electrons. The van der Waals surface area contributed by atoms with Crippen LogP contribution in [0.2, 0.25) is 0 Å². The molecule has 5 rings (SSSR count). The van der Waals surface area contributed by atoms with Gasteiger partial charge in [-0.2, -0.15) is 5.26 Å². The molecular weight excluding hydrogens is 341 g/mol. The molecule has 0 saturated heterocycles. The maximum absolute atomic E-state index is 13.9. The van der Waals surface area contributed by atoms with Crippen molar-refractivity contribution in [3.8, 4) is 11.8 Å². The fraction of sp³-hybridized carbons (Fsp3) is 0.0455. The molecule has 3 aromatic carbocycles. The van der Waals surface area contributed by atoms with Crippen LogP contribution in [0.4, 0.5) is 4.39 Å². The Hall–Kier alpha value is -3.78. The summed E-state index contributed by atoms with van der Waals surface area (Å²) in [7, 11) is 0. The molecule has 0 spiro atoms. The van der Waals surface area contributed by atoms with E-state index in [1.54, 1.807) is 6.07 Å². The lowest BCUT2D eigenvalue weighted by Gasteiger charge is -2.27. The van der Waals surface area contributed by atoms with Gasteiger partial charge in [0.1, 0.15) is 23.2 Å². The molecule has 0 saturated carbocycles. The Morgan fingerprint density at radius 2 is 1.93 bits per heavy atom. The van der Waals surface area contributed by atoms with Crippen molar-refractivity contribution in [2.24, 2.45) is 5.73 Å². The third kappa shape index (κ3) is 2.20. The highest BCUT2D eigenvalue weighted by Crippen LogP contribution is 2.47. The van der Waals surface area contributed by atoms with Gasteiger partial charge in [-0.3, -0.25) is 0 Å². The molecule has 5 heteroatoms. The van der Waals surface area contributed by atoms with Crippen molar-refractivity contribution < 1.29 is 9.13 Å². The summed E-state index contributed by atoms with van der Waals surface area (Å²) in [6.45, 7) is 0. The van der Waals surface area contributed by atoms with E-state index in [1.807, 2.05) is 42.6 Å². The zero-order valence-electron chi connectivity index (χ0n) is 14.2. The molecule has 1 unspecified atom stereocenters. The van der Waals surface area contributed by atoms with E-state index in [1.165, 1.54) is 12.1 Å². The summed E-state index contributed by atoms with van der Waals surface area (Å²) in [6.07, 6.45) is 1.82. The molecule has 4 nitrogen and oxygen atoms in total. The van der Waals surface area contributed by atoms with Crippen molar-refractivity contribution in [2.45, 2.75) is 5.92 Å². The SMILES string of the molecule is N#CC1=C(N)Oc2ccc3ccccc3c2C1c1c[nH]c2ccc(F)cc12. The average molecular weight is 355 g/mol. The van der Waals surface area contributed by atoms with E-state index in [2.05, 4.69) is 11.1 Å². The standard InChI is InChI=1S/C22H14FN3O/c23-13-6-7-18-15(9-13)17(11-26-18)20-16(10-24)22(25)27-19-8-5-12-3-1-2-4-14(12)21(19)20/h1-9,11,20,26H,25H2. The van der Waals surface area contributed by atoms with E-state index in [0.717, 1.165) is 32.8 Å². The monoisotopic (exact) mass is 355 g/mol. The summed E-state index contributed by atoms with van der Waals surface area (Å²) < 4.78 is 19.7. The Labute approximate surface area is 154 Å². The molecule has 1 atom stereocenters. The zero-order valence-corrected chi connectivity index (χ0v) is 14.2. The summed E-state index contributed by atoms with van der Waals surface area (Å²) in [5.74, 6) is -0.0820. The number of H-pyrrole nitrogens is 1. The van der Waals surface area contributed by atoms with Gasteiger partial charge in [0, 0.05) is 22.7 Å². The average Bonchev–Trinajstić information content (AvgIpc) is 3.09. The Morgan fingerprint density at radius 1 is 1.07 bits per heavy atom. The van der Waals surface area contributed by atoms with Gasteiger partial charge in [-0.25, -0.2) is 4.39 Å². The van der Waals surface area contributed by atoms with Crippen LogP contribution >= 0.6 is 0 Å². The van der Waals surface area contributed by atoms with Crippen LogP contribution in [0.5, 0.6) is 5.75 Å². The minimum Gasteiger partial charge on any atom is -0.440 e. The summed E-state index contributed by atoms with van der Waals surface area (Å²) >= 11 is 0. The summed E-state index contributed by atoms with van der Waals surface area (Å²) in [5, 5.41) is 12.5. The first-order valence-corrected chi connectivity index (χ1v) is 8.53. The first-order chi connectivity index (χ1) is 13.2. The summed E-state index contributed by atoms with van der Waals surface area (Å²) in [5.41, 5.74) is 8.86. The molecule has 3 N–H and O–H groups in total. The van der Waals surface area contributed by atoms with Gasteiger partial charge in [0.15, 0.2) is 0 Å². The van der Waals surface area contributed by atoms with Crippen LogP contribution in [-0.2, 0) is 0 Å². The maximum Gasteiger partial charge on any atom is 0.205 e. The predicted molar refractivity (Wildman–Crippen MR) is 102 cm³/mol. The highest BCUT2D eigenvalue weighted by atomic mass is 19.1. The van der Waals surface area contributed by atoms with Gasteiger partial charge < -0.3 is 15.5 Å². The number of benzene rings is 3. The molecule has 2 heterocycles. The molecule has 130 valence electrons. The number of ether oxygens (including phenoxy) is 1. The fourth-order valence-electron chi connectivity index (χ4n) is 3.91. The first-order valence-electron chi connectivity index (χ1n) is 8.53. The van der Waals surface area contributed by atoms with Gasteiger partial charge >= 0.3 is 0 Å². The number of fused-ring (bicyclic) bond motifs is 4. The number of nitrogens with one attached hydrogen (secondary N) is 1. The van der Waals surface area contributed by atoms with E-state index in [-0.39, 0.29) is 11.7 Å². The lowest BCUT2D eigenvalue weighted by Crippen LogP contribution is -2.21. The van der Waals surface area contributed by atoms with Gasteiger partial charge in [-0.1, -0.05) is 30.3 Å². The van der Waals surface area contributed by atoms with E-state index in [4.69, 9.17) is 10.5 Å². The number of aromatic nitrogens is 1. The van der Waals surface area contributed by atoms with E-state index >= 15 is 0 Å². The second-order valence-corrected chi connectivity index (χ2v) is 6.56. The number of nitrogens with zero attached hydrogens (tertiary/aromatic N) is 1. The molecule has 4 aromatic rings. The van der Waals surface area contributed by atoms with Crippen LogP contribution in [0.25, 0.3) is 21.7 Å². The van der Waals surface area contributed by atoms with Gasteiger partial charge in [0.25, 0.3) is 0 Å². The van der Waals surface area contributed by atoms with E-state index < -0.39 is 5.92 Å². The van der Waals surface area contributed by atoms with Crippen molar-refractivity contribution in [1.29, 1.82) is 5.26 Å². The lowest BCUT2D eigenvalue weighted by atomic mass is 9.81. The fourth-order valence-corrected chi connectivity index (χ4v) is 3.91. The predicted octanol–water partition coefficient (Wildman–Crippen LogP) is 4.68. The molecule has 1 aliphatic heterocycles. The van der Waals surface area contributed by atoms with Crippen molar-refractivity contribution in [2.75, 3.05) is 0 Å². The highest BCUT2D eigenvalue weighted by molar-refractivity contribution is 5.92. The van der Waals surface area contributed by atoms with E-state index in [0.29, 0.717) is 11.3 Å². The van der Waals surface area contributed by atoms with Crippen LogP contribution in [0.3, 0.4) is 0 Å². The Balaban J connectivity index is 1.89. The minimum absolute atomic E-state index is 0.0797. The smallest absolute Gasteiger partial charge is 0.205 e. The van der Waals surface area contributed by atoms with Crippen LogP contribution in [0.1, 0.15) is 17.0 Å². The molecular formula is C22H14FN3O.